The topological polar surface area (TPSA) is 67.6 Å². The fourth-order valence-electron chi connectivity index (χ4n) is 4.23. The molecule has 164 valence electrons. The Balaban J connectivity index is 1.54. The van der Waals surface area contributed by atoms with E-state index in [-0.39, 0.29) is 6.54 Å². The maximum atomic E-state index is 11.3. The second-order valence-electron chi connectivity index (χ2n) is 8.25. The molecule has 2 aromatic rings. The van der Waals surface area contributed by atoms with Crippen molar-refractivity contribution in [3.05, 3.63) is 42.5 Å². The van der Waals surface area contributed by atoms with Gasteiger partial charge in [-0.1, -0.05) is 45.4 Å². The molecule has 1 N–H and O–H groups in total. The lowest BCUT2D eigenvalue weighted by Crippen LogP contribution is -2.28. The number of fused-ring (bicyclic) bond motifs is 1. The fourth-order valence-corrected chi connectivity index (χ4v) is 4.23. The first-order valence-electron chi connectivity index (χ1n) is 11.4. The van der Waals surface area contributed by atoms with Gasteiger partial charge in [0.1, 0.15) is 12.3 Å². The average Bonchev–Trinajstić information content (AvgIpc) is 3.36. The highest BCUT2D eigenvalue weighted by Crippen LogP contribution is 2.40. The van der Waals surface area contributed by atoms with Gasteiger partial charge in [-0.25, -0.2) is 4.98 Å². The molecule has 1 aliphatic rings. The van der Waals surface area contributed by atoms with E-state index in [1.54, 1.807) is 6.20 Å². The molecule has 1 aliphatic heterocycles. The van der Waals surface area contributed by atoms with E-state index in [1.807, 2.05) is 29.6 Å². The highest BCUT2D eigenvalue weighted by Gasteiger charge is 2.30. The molecule has 1 aromatic carbocycles. The number of unbranched alkanes of at least 4 members (excludes halogenated alkanes) is 6. The predicted octanol–water partition coefficient (Wildman–Crippen LogP) is 5.09. The fraction of sp³-hybridized carbons (Fsp3) is 0.583. The molecule has 1 atom stereocenters. The van der Waals surface area contributed by atoms with Gasteiger partial charge in [-0.3, -0.25) is 4.79 Å². The Bertz CT molecular complexity index is 776. The molecule has 0 bridgehead atoms. The smallest absolute Gasteiger partial charge is 0.323 e. The van der Waals surface area contributed by atoms with Crippen LogP contribution in [0.3, 0.4) is 0 Å². The zero-order valence-corrected chi connectivity index (χ0v) is 18.1. The number of carboxylic acids is 1. The third-order valence-corrected chi connectivity index (χ3v) is 5.86. The van der Waals surface area contributed by atoms with Crippen LogP contribution in [0.2, 0.25) is 0 Å². The summed E-state index contributed by atoms with van der Waals surface area (Å²) in [6, 6.07) is 6.12. The molecule has 0 fully saturated rings. The molecule has 0 saturated heterocycles. The Kier molecular flexibility index (Phi) is 8.60. The lowest BCUT2D eigenvalue weighted by Gasteiger charge is -2.17. The zero-order valence-electron chi connectivity index (χ0n) is 18.1. The van der Waals surface area contributed by atoms with Gasteiger partial charge < -0.3 is 19.3 Å². The zero-order chi connectivity index (χ0) is 21.2. The van der Waals surface area contributed by atoms with Gasteiger partial charge in [0, 0.05) is 37.1 Å². The highest BCUT2D eigenvalue weighted by molar-refractivity contribution is 5.76. The summed E-state index contributed by atoms with van der Waals surface area (Å²) in [5.41, 5.74) is 2.23. The number of nitrogens with zero attached hydrogens (tertiary/aromatic N) is 3. The van der Waals surface area contributed by atoms with Crippen LogP contribution in [0, 0.1) is 0 Å². The summed E-state index contributed by atoms with van der Waals surface area (Å²) < 4.78 is 8.09. The number of benzene rings is 1. The van der Waals surface area contributed by atoms with E-state index in [1.165, 1.54) is 44.1 Å². The van der Waals surface area contributed by atoms with Crippen LogP contribution in [0.25, 0.3) is 0 Å². The van der Waals surface area contributed by atoms with E-state index in [0.29, 0.717) is 5.92 Å². The van der Waals surface area contributed by atoms with Gasteiger partial charge in [0.15, 0.2) is 0 Å². The van der Waals surface area contributed by atoms with Crippen molar-refractivity contribution in [2.45, 2.75) is 70.8 Å². The lowest BCUT2D eigenvalue weighted by atomic mass is 9.97. The molecule has 1 unspecified atom stereocenters. The normalized spacial score (nSPS) is 15.4. The van der Waals surface area contributed by atoms with Crippen LogP contribution in [0.15, 0.2) is 36.9 Å². The van der Waals surface area contributed by atoms with Crippen molar-refractivity contribution in [1.29, 1.82) is 0 Å². The van der Waals surface area contributed by atoms with Crippen LogP contribution >= 0.6 is 0 Å². The minimum absolute atomic E-state index is 0.0345. The number of rotatable bonds is 14. The number of carboxylic acid groups (broad SMARTS) is 1. The molecule has 6 heteroatoms. The van der Waals surface area contributed by atoms with Crippen LogP contribution < -0.4 is 9.64 Å². The van der Waals surface area contributed by atoms with Gasteiger partial charge in [0.2, 0.25) is 0 Å². The van der Waals surface area contributed by atoms with Gasteiger partial charge in [0.05, 0.1) is 12.9 Å². The van der Waals surface area contributed by atoms with Crippen molar-refractivity contribution < 1.29 is 14.6 Å². The van der Waals surface area contributed by atoms with Crippen molar-refractivity contribution in [3.8, 4) is 5.75 Å². The summed E-state index contributed by atoms with van der Waals surface area (Å²) in [4.78, 5) is 17.4. The number of aromatic nitrogens is 2. The summed E-state index contributed by atoms with van der Waals surface area (Å²) in [5.74, 6) is 0.392. The minimum Gasteiger partial charge on any atom is -0.494 e. The number of ether oxygens (including phenoxy) is 1. The summed E-state index contributed by atoms with van der Waals surface area (Å²) >= 11 is 0. The lowest BCUT2D eigenvalue weighted by molar-refractivity contribution is -0.135. The van der Waals surface area contributed by atoms with Crippen LogP contribution in [-0.2, 0) is 11.3 Å². The van der Waals surface area contributed by atoms with Crippen LogP contribution in [-0.4, -0.2) is 40.3 Å². The minimum atomic E-state index is -0.796. The molecule has 0 saturated carbocycles. The van der Waals surface area contributed by atoms with Crippen LogP contribution in [0.4, 0.5) is 5.69 Å². The van der Waals surface area contributed by atoms with Crippen molar-refractivity contribution in [2.24, 2.45) is 0 Å². The van der Waals surface area contributed by atoms with Crippen LogP contribution in [0.5, 0.6) is 5.75 Å². The summed E-state index contributed by atoms with van der Waals surface area (Å²) in [7, 11) is 0. The Morgan fingerprint density at radius 3 is 2.73 bits per heavy atom. The quantitative estimate of drug-likeness (QED) is 0.437. The Morgan fingerprint density at radius 2 is 2.00 bits per heavy atom. The van der Waals surface area contributed by atoms with E-state index >= 15 is 0 Å². The molecule has 3 rings (SSSR count). The second kappa shape index (κ2) is 11.6. The van der Waals surface area contributed by atoms with Gasteiger partial charge in [-0.2, -0.15) is 0 Å². The third-order valence-electron chi connectivity index (χ3n) is 5.86. The summed E-state index contributed by atoms with van der Waals surface area (Å²) in [5, 5.41) is 9.28. The molecular formula is C24H35N3O3. The molecule has 0 spiro atoms. The van der Waals surface area contributed by atoms with Crippen molar-refractivity contribution in [1.82, 2.24) is 9.55 Å². The van der Waals surface area contributed by atoms with Crippen LogP contribution in [0.1, 0.15) is 69.8 Å². The molecule has 1 aromatic heterocycles. The maximum absolute atomic E-state index is 11.3. The van der Waals surface area contributed by atoms with E-state index in [9.17, 15) is 9.90 Å². The van der Waals surface area contributed by atoms with E-state index in [4.69, 9.17) is 4.74 Å². The standard InChI is InChI=1S/C24H35N3O3/c1-2-3-4-5-6-7-8-15-30-21-9-10-23-22(16-21)20(17-27(23)18-24(28)29)11-13-26-14-12-25-19-26/h9-10,12,14,16,19-20H,2-8,11,13,15,17-18H2,1H3,(H,28,29). The third kappa shape index (κ3) is 6.51. The van der Waals surface area contributed by atoms with Gasteiger partial charge in [-0.15, -0.1) is 0 Å². The number of hydrogen-bond donors (Lipinski definition) is 1. The summed E-state index contributed by atoms with van der Waals surface area (Å²) in [6.07, 6.45) is 15.4. The van der Waals surface area contributed by atoms with E-state index < -0.39 is 5.97 Å². The largest absolute Gasteiger partial charge is 0.494 e. The molecule has 0 radical (unpaired) electrons. The second-order valence-corrected chi connectivity index (χ2v) is 8.25. The molecule has 6 nitrogen and oxygen atoms in total. The van der Waals surface area contributed by atoms with E-state index in [2.05, 4.69) is 22.5 Å². The molecule has 0 aliphatic carbocycles. The SMILES string of the molecule is CCCCCCCCCOc1ccc2c(c1)C(CCn1ccnc1)CN2CC(=O)O. The molecule has 0 amide bonds. The van der Waals surface area contributed by atoms with Crippen molar-refractivity contribution in [2.75, 3.05) is 24.6 Å². The molecule has 30 heavy (non-hydrogen) atoms. The van der Waals surface area contributed by atoms with Gasteiger partial charge in [0.25, 0.3) is 0 Å². The first kappa shape index (κ1) is 22.2. The number of anilines is 1. The Morgan fingerprint density at radius 1 is 1.20 bits per heavy atom. The monoisotopic (exact) mass is 413 g/mol. The number of hydrogen-bond acceptors (Lipinski definition) is 4. The number of carbonyl (C=O) groups is 1. The van der Waals surface area contributed by atoms with Crippen molar-refractivity contribution >= 4 is 11.7 Å². The molecule has 2 heterocycles. The maximum Gasteiger partial charge on any atom is 0.323 e. The van der Waals surface area contributed by atoms with Gasteiger partial charge >= 0.3 is 5.97 Å². The van der Waals surface area contributed by atoms with Crippen molar-refractivity contribution in [3.63, 3.8) is 0 Å². The predicted molar refractivity (Wildman–Crippen MR) is 119 cm³/mol. The Hall–Kier alpha value is -2.50. The first-order chi connectivity index (χ1) is 14.7. The highest BCUT2D eigenvalue weighted by atomic mass is 16.5. The summed E-state index contributed by atoms with van der Waals surface area (Å²) in [6.45, 7) is 4.62. The van der Waals surface area contributed by atoms with E-state index in [0.717, 1.165) is 44.0 Å². The number of aryl methyl sites for hydroxylation is 1. The average molecular weight is 414 g/mol. The number of imidazole rings is 1. The molecular weight excluding hydrogens is 378 g/mol. The number of aliphatic carboxylic acids is 1. The first-order valence-corrected chi connectivity index (χ1v) is 11.4. The Labute approximate surface area is 179 Å². The van der Waals surface area contributed by atoms with Gasteiger partial charge in [-0.05, 0) is 36.6 Å².